The molecule has 1 aliphatic rings. The molecule has 1 rings (SSSR count). The summed E-state index contributed by atoms with van der Waals surface area (Å²) in [6, 6.07) is 0.595. The number of hydrogen-bond acceptors (Lipinski definition) is 4. The van der Waals surface area contributed by atoms with E-state index in [2.05, 4.69) is 17.3 Å². The average molecular weight is 216 g/mol. The van der Waals surface area contributed by atoms with Crippen LogP contribution in [-0.4, -0.2) is 62.0 Å². The monoisotopic (exact) mass is 216 g/mol. The van der Waals surface area contributed by atoms with Crippen molar-refractivity contribution in [1.82, 2.24) is 10.2 Å². The minimum atomic E-state index is -0.201. The first kappa shape index (κ1) is 12.9. The largest absolute Gasteiger partial charge is 0.394 e. The number of ether oxygens (including phenoxy) is 1. The van der Waals surface area contributed by atoms with Crippen LogP contribution in [0.15, 0.2) is 0 Å². The first-order valence-corrected chi connectivity index (χ1v) is 5.69. The maximum atomic E-state index is 9.32. The van der Waals surface area contributed by atoms with Gasteiger partial charge >= 0.3 is 0 Å². The van der Waals surface area contributed by atoms with E-state index < -0.39 is 0 Å². The van der Waals surface area contributed by atoms with Gasteiger partial charge in [0, 0.05) is 25.8 Å². The van der Waals surface area contributed by atoms with E-state index in [4.69, 9.17) is 4.74 Å². The molecule has 1 saturated heterocycles. The molecule has 1 aliphatic heterocycles. The number of likely N-dealkylation sites (N-methyl/N-ethyl adjacent to an activating group) is 2. The predicted octanol–water partition coefficient (Wildman–Crippen LogP) is 0.0676. The lowest BCUT2D eigenvalue weighted by atomic mass is 10.0. The topological polar surface area (TPSA) is 44.7 Å². The van der Waals surface area contributed by atoms with Gasteiger partial charge in [0.15, 0.2) is 0 Å². The molecule has 1 heterocycles. The molecule has 0 aromatic rings. The Bertz CT molecular complexity index is 177. The van der Waals surface area contributed by atoms with E-state index in [0.717, 1.165) is 32.6 Å². The zero-order valence-electron chi connectivity index (χ0n) is 10.1. The van der Waals surface area contributed by atoms with Gasteiger partial charge in [0.1, 0.15) is 0 Å². The predicted molar refractivity (Wildman–Crippen MR) is 61.0 cm³/mol. The molecule has 2 N–H and O–H groups in total. The van der Waals surface area contributed by atoms with Crippen molar-refractivity contribution in [2.45, 2.75) is 31.3 Å². The highest BCUT2D eigenvalue weighted by Gasteiger charge is 2.27. The standard InChI is InChI=1S/C11H24N2O2/c1-11(9-14,12-2)8-13(3)10-4-6-15-7-5-10/h10,12,14H,4-9H2,1-3H3. The lowest BCUT2D eigenvalue weighted by Gasteiger charge is -2.37. The van der Waals surface area contributed by atoms with E-state index in [1.54, 1.807) is 0 Å². The van der Waals surface area contributed by atoms with Crippen molar-refractivity contribution in [1.29, 1.82) is 0 Å². The second-order valence-corrected chi connectivity index (χ2v) is 4.73. The minimum Gasteiger partial charge on any atom is -0.394 e. The van der Waals surface area contributed by atoms with Gasteiger partial charge in [-0.15, -0.1) is 0 Å². The summed E-state index contributed by atoms with van der Waals surface area (Å²) in [6.07, 6.45) is 2.20. The van der Waals surface area contributed by atoms with E-state index >= 15 is 0 Å². The Morgan fingerprint density at radius 3 is 2.53 bits per heavy atom. The number of aliphatic hydroxyl groups excluding tert-OH is 1. The maximum Gasteiger partial charge on any atom is 0.0623 e. The molecular formula is C11H24N2O2. The summed E-state index contributed by atoms with van der Waals surface area (Å²) < 4.78 is 5.34. The van der Waals surface area contributed by atoms with E-state index in [-0.39, 0.29) is 12.1 Å². The van der Waals surface area contributed by atoms with E-state index in [1.165, 1.54) is 0 Å². The Hall–Kier alpha value is -0.160. The molecule has 1 fully saturated rings. The lowest BCUT2D eigenvalue weighted by Crippen LogP contribution is -2.54. The summed E-state index contributed by atoms with van der Waals surface area (Å²) in [5, 5.41) is 12.5. The van der Waals surface area contributed by atoms with Gasteiger partial charge in [0.05, 0.1) is 12.1 Å². The summed E-state index contributed by atoms with van der Waals surface area (Å²) in [5.41, 5.74) is -0.201. The second-order valence-electron chi connectivity index (χ2n) is 4.73. The van der Waals surface area contributed by atoms with Crippen LogP contribution in [0.5, 0.6) is 0 Å². The summed E-state index contributed by atoms with van der Waals surface area (Å²) in [5.74, 6) is 0. The maximum absolute atomic E-state index is 9.32. The van der Waals surface area contributed by atoms with Crippen molar-refractivity contribution in [3.8, 4) is 0 Å². The minimum absolute atomic E-state index is 0.164. The summed E-state index contributed by atoms with van der Waals surface area (Å²) in [4.78, 5) is 2.33. The van der Waals surface area contributed by atoms with Gasteiger partial charge in [-0.25, -0.2) is 0 Å². The molecule has 4 heteroatoms. The molecule has 1 unspecified atom stereocenters. The van der Waals surface area contributed by atoms with Crippen LogP contribution in [0, 0.1) is 0 Å². The van der Waals surface area contributed by atoms with Crippen molar-refractivity contribution in [3.63, 3.8) is 0 Å². The summed E-state index contributed by atoms with van der Waals surface area (Å²) in [6.45, 7) is 4.80. The number of rotatable bonds is 5. The Kier molecular flexibility index (Phi) is 4.99. The highest BCUT2D eigenvalue weighted by molar-refractivity contribution is 4.86. The second kappa shape index (κ2) is 5.80. The fraction of sp³-hybridized carbons (Fsp3) is 1.00. The SMILES string of the molecule is CNC(C)(CO)CN(C)C1CCOCC1. The first-order chi connectivity index (χ1) is 7.11. The van der Waals surface area contributed by atoms with Crippen molar-refractivity contribution >= 4 is 0 Å². The third-order valence-corrected chi connectivity index (χ3v) is 3.37. The van der Waals surface area contributed by atoms with Crippen LogP contribution in [0.25, 0.3) is 0 Å². The number of nitrogens with one attached hydrogen (secondary N) is 1. The third kappa shape index (κ3) is 3.72. The molecule has 0 saturated carbocycles. The van der Waals surface area contributed by atoms with Crippen LogP contribution in [0.4, 0.5) is 0 Å². The van der Waals surface area contributed by atoms with Gasteiger partial charge in [-0.3, -0.25) is 0 Å². The summed E-state index contributed by atoms with van der Waals surface area (Å²) >= 11 is 0. The number of aliphatic hydroxyl groups is 1. The molecule has 0 spiro atoms. The molecule has 0 bridgehead atoms. The quantitative estimate of drug-likeness (QED) is 0.682. The van der Waals surface area contributed by atoms with Gasteiger partial charge < -0.3 is 20.1 Å². The normalized spacial score (nSPS) is 23.0. The van der Waals surface area contributed by atoms with Crippen LogP contribution in [0.2, 0.25) is 0 Å². The van der Waals surface area contributed by atoms with Crippen molar-refractivity contribution < 1.29 is 9.84 Å². The first-order valence-electron chi connectivity index (χ1n) is 5.69. The van der Waals surface area contributed by atoms with Crippen LogP contribution < -0.4 is 5.32 Å². The molecule has 90 valence electrons. The lowest BCUT2D eigenvalue weighted by molar-refractivity contribution is 0.0290. The van der Waals surface area contributed by atoms with E-state index in [0.29, 0.717) is 6.04 Å². The van der Waals surface area contributed by atoms with Gasteiger partial charge in [0.2, 0.25) is 0 Å². The van der Waals surface area contributed by atoms with E-state index in [1.807, 2.05) is 14.0 Å². The fourth-order valence-electron chi connectivity index (χ4n) is 2.01. The number of nitrogens with zero attached hydrogens (tertiary/aromatic N) is 1. The summed E-state index contributed by atoms with van der Waals surface area (Å²) in [7, 11) is 4.02. The van der Waals surface area contributed by atoms with Gasteiger partial charge in [-0.2, -0.15) is 0 Å². The zero-order chi connectivity index (χ0) is 11.3. The molecule has 0 radical (unpaired) electrons. The Balaban J connectivity index is 2.41. The van der Waals surface area contributed by atoms with Crippen molar-refractivity contribution in [2.75, 3.05) is 40.5 Å². The van der Waals surface area contributed by atoms with Crippen LogP contribution in [-0.2, 0) is 4.74 Å². The van der Waals surface area contributed by atoms with Crippen LogP contribution in [0.3, 0.4) is 0 Å². The Morgan fingerprint density at radius 2 is 2.07 bits per heavy atom. The van der Waals surface area contributed by atoms with Crippen molar-refractivity contribution in [2.24, 2.45) is 0 Å². The molecule has 0 amide bonds. The van der Waals surface area contributed by atoms with Crippen LogP contribution in [0.1, 0.15) is 19.8 Å². The Labute approximate surface area is 92.6 Å². The zero-order valence-corrected chi connectivity index (χ0v) is 10.1. The smallest absolute Gasteiger partial charge is 0.0623 e. The van der Waals surface area contributed by atoms with Gasteiger partial charge in [0.25, 0.3) is 0 Å². The highest BCUT2D eigenvalue weighted by atomic mass is 16.5. The Morgan fingerprint density at radius 1 is 1.47 bits per heavy atom. The molecule has 0 aromatic carbocycles. The molecular weight excluding hydrogens is 192 g/mol. The molecule has 4 nitrogen and oxygen atoms in total. The fourth-order valence-corrected chi connectivity index (χ4v) is 2.01. The average Bonchev–Trinajstić information content (AvgIpc) is 2.30. The van der Waals surface area contributed by atoms with Gasteiger partial charge in [-0.1, -0.05) is 0 Å². The highest BCUT2D eigenvalue weighted by Crippen LogP contribution is 2.15. The molecule has 0 aromatic heterocycles. The van der Waals surface area contributed by atoms with E-state index in [9.17, 15) is 5.11 Å². The third-order valence-electron chi connectivity index (χ3n) is 3.37. The molecule has 1 atom stereocenters. The van der Waals surface area contributed by atoms with Crippen LogP contribution >= 0.6 is 0 Å². The molecule has 0 aliphatic carbocycles. The van der Waals surface area contributed by atoms with Crippen molar-refractivity contribution in [3.05, 3.63) is 0 Å². The molecule has 15 heavy (non-hydrogen) atoms. The number of hydrogen-bond donors (Lipinski definition) is 2. The van der Waals surface area contributed by atoms with Gasteiger partial charge in [-0.05, 0) is 33.9 Å².